The highest BCUT2D eigenvalue weighted by Gasteiger charge is 2.33. The molecule has 88 valence electrons. The average molecular weight is 211 g/mol. The van der Waals surface area contributed by atoms with Gasteiger partial charge in [-0.05, 0) is 27.2 Å². The fourth-order valence-corrected chi connectivity index (χ4v) is 2.70. The van der Waals surface area contributed by atoms with Gasteiger partial charge in [0, 0.05) is 50.8 Å². The Kier molecular flexibility index (Phi) is 3.33. The first kappa shape index (κ1) is 11.4. The number of rotatable bonds is 1. The van der Waals surface area contributed by atoms with Crippen LogP contribution in [-0.2, 0) is 0 Å². The Bertz CT molecular complexity index is 203. The van der Waals surface area contributed by atoms with E-state index in [1.165, 1.54) is 45.7 Å². The second-order valence-electron chi connectivity index (χ2n) is 5.85. The van der Waals surface area contributed by atoms with E-state index in [1.54, 1.807) is 0 Å². The minimum absolute atomic E-state index is 0.350. The largest absolute Gasteiger partial charge is 0.314 e. The minimum atomic E-state index is 0.350. The molecule has 1 atom stereocenters. The molecule has 3 nitrogen and oxygen atoms in total. The summed E-state index contributed by atoms with van der Waals surface area (Å²) in [6.07, 6.45) is 1.36. The van der Waals surface area contributed by atoms with Crippen molar-refractivity contribution >= 4 is 0 Å². The molecular weight excluding hydrogens is 186 g/mol. The zero-order valence-corrected chi connectivity index (χ0v) is 10.4. The third kappa shape index (κ3) is 2.71. The Morgan fingerprint density at radius 1 is 1.07 bits per heavy atom. The lowest BCUT2D eigenvalue weighted by atomic mass is 10.1. The maximum absolute atomic E-state index is 3.42. The van der Waals surface area contributed by atoms with Crippen LogP contribution in [-0.4, -0.2) is 60.6 Å². The van der Waals surface area contributed by atoms with Crippen LogP contribution in [0.5, 0.6) is 0 Å². The molecule has 1 unspecified atom stereocenters. The highest BCUT2D eigenvalue weighted by molar-refractivity contribution is 4.90. The van der Waals surface area contributed by atoms with Crippen LogP contribution >= 0.6 is 0 Å². The van der Waals surface area contributed by atoms with Gasteiger partial charge in [-0.3, -0.25) is 9.80 Å². The Morgan fingerprint density at radius 3 is 2.27 bits per heavy atom. The van der Waals surface area contributed by atoms with E-state index in [0.717, 1.165) is 6.04 Å². The van der Waals surface area contributed by atoms with Gasteiger partial charge in [0.05, 0.1) is 0 Å². The van der Waals surface area contributed by atoms with Crippen LogP contribution in [0, 0.1) is 0 Å². The van der Waals surface area contributed by atoms with E-state index in [4.69, 9.17) is 0 Å². The van der Waals surface area contributed by atoms with Crippen LogP contribution in [0.15, 0.2) is 0 Å². The third-order valence-electron chi connectivity index (χ3n) is 3.78. The van der Waals surface area contributed by atoms with Crippen LogP contribution in [0.2, 0.25) is 0 Å². The van der Waals surface area contributed by atoms with E-state index >= 15 is 0 Å². The van der Waals surface area contributed by atoms with Gasteiger partial charge < -0.3 is 5.32 Å². The fourth-order valence-electron chi connectivity index (χ4n) is 2.70. The van der Waals surface area contributed by atoms with E-state index < -0.39 is 0 Å². The summed E-state index contributed by atoms with van der Waals surface area (Å²) in [6.45, 7) is 14.3. The van der Waals surface area contributed by atoms with Crippen molar-refractivity contribution in [2.24, 2.45) is 0 Å². The molecule has 2 heterocycles. The fraction of sp³-hybridized carbons (Fsp3) is 1.00. The van der Waals surface area contributed by atoms with E-state index in [-0.39, 0.29) is 0 Å². The summed E-state index contributed by atoms with van der Waals surface area (Å²) in [6, 6.07) is 0.811. The number of hydrogen-bond acceptors (Lipinski definition) is 3. The molecule has 0 bridgehead atoms. The first-order chi connectivity index (χ1) is 7.07. The van der Waals surface area contributed by atoms with E-state index in [0.29, 0.717) is 5.54 Å². The number of piperazine rings is 1. The summed E-state index contributed by atoms with van der Waals surface area (Å²) >= 11 is 0. The molecular formula is C12H25N3. The molecule has 15 heavy (non-hydrogen) atoms. The van der Waals surface area contributed by atoms with Gasteiger partial charge in [0.1, 0.15) is 0 Å². The van der Waals surface area contributed by atoms with Crippen molar-refractivity contribution in [3.05, 3.63) is 0 Å². The van der Waals surface area contributed by atoms with Crippen molar-refractivity contribution in [1.82, 2.24) is 15.1 Å². The highest BCUT2D eigenvalue weighted by Crippen LogP contribution is 2.23. The van der Waals surface area contributed by atoms with Gasteiger partial charge in [0.15, 0.2) is 0 Å². The van der Waals surface area contributed by atoms with Gasteiger partial charge in [-0.25, -0.2) is 0 Å². The molecule has 0 aromatic rings. The van der Waals surface area contributed by atoms with Crippen molar-refractivity contribution < 1.29 is 0 Å². The molecule has 2 aliphatic heterocycles. The number of nitrogens with zero attached hydrogens (tertiary/aromatic N) is 2. The molecule has 0 saturated carbocycles. The van der Waals surface area contributed by atoms with Crippen molar-refractivity contribution in [3.8, 4) is 0 Å². The number of hydrogen-bond donors (Lipinski definition) is 1. The second-order valence-corrected chi connectivity index (χ2v) is 5.85. The van der Waals surface area contributed by atoms with Gasteiger partial charge in [0.2, 0.25) is 0 Å². The smallest absolute Gasteiger partial charge is 0.0236 e. The summed E-state index contributed by atoms with van der Waals surface area (Å²) < 4.78 is 0. The van der Waals surface area contributed by atoms with Crippen LogP contribution < -0.4 is 5.32 Å². The molecule has 2 fully saturated rings. The van der Waals surface area contributed by atoms with Crippen molar-refractivity contribution in [3.63, 3.8) is 0 Å². The molecule has 0 amide bonds. The van der Waals surface area contributed by atoms with Gasteiger partial charge >= 0.3 is 0 Å². The number of nitrogens with one attached hydrogen (secondary N) is 1. The van der Waals surface area contributed by atoms with Crippen LogP contribution in [0.4, 0.5) is 0 Å². The lowest BCUT2D eigenvalue weighted by Crippen LogP contribution is -2.50. The molecule has 0 spiro atoms. The van der Waals surface area contributed by atoms with Crippen LogP contribution in [0.3, 0.4) is 0 Å². The minimum Gasteiger partial charge on any atom is -0.314 e. The lowest BCUT2D eigenvalue weighted by molar-refractivity contribution is 0.135. The van der Waals surface area contributed by atoms with Gasteiger partial charge in [0.25, 0.3) is 0 Å². The predicted molar refractivity (Wildman–Crippen MR) is 64.2 cm³/mol. The maximum Gasteiger partial charge on any atom is 0.0236 e. The molecule has 0 aromatic carbocycles. The van der Waals surface area contributed by atoms with E-state index in [9.17, 15) is 0 Å². The zero-order valence-electron chi connectivity index (χ0n) is 10.4. The summed E-state index contributed by atoms with van der Waals surface area (Å²) in [7, 11) is 0. The van der Waals surface area contributed by atoms with Crippen molar-refractivity contribution in [1.29, 1.82) is 0 Å². The van der Waals surface area contributed by atoms with Gasteiger partial charge in [-0.15, -0.1) is 0 Å². The Balaban J connectivity index is 1.86. The number of likely N-dealkylation sites (tertiary alicyclic amines) is 1. The highest BCUT2D eigenvalue weighted by atomic mass is 15.3. The van der Waals surface area contributed by atoms with Gasteiger partial charge in [-0.1, -0.05) is 0 Å². The molecule has 2 rings (SSSR count). The first-order valence-electron chi connectivity index (χ1n) is 6.27. The topological polar surface area (TPSA) is 18.5 Å². The lowest BCUT2D eigenvalue weighted by Gasteiger charge is -2.35. The average Bonchev–Trinajstić information content (AvgIpc) is 2.67. The molecule has 0 aromatic heterocycles. The zero-order chi connectivity index (χ0) is 10.9. The Labute approximate surface area is 93.8 Å². The molecule has 0 aliphatic carbocycles. The molecule has 0 radical (unpaired) electrons. The quantitative estimate of drug-likeness (QED) is 0.691. The third-order valence-corrected chi connectivity index (χ3v) is 3.78. The second kappa shape index (κ2) is 4.40. The van der Waals surface area contributed by atoms with Gasteiger partial charge in [-0.2, -0.15) is 0 Å². The van der Waals surface area contributed by atoms with E-state index in [2.05, 4.69) is 35.9 Å². The SMILES string of the molecule is CC(C)(C)N1CCC(N2CCNCC2)C1. The summed E-state index contributed by atoms with van der Waals surface area (Å²) in [5.41, 5.74) is 0.350. The Morgan fingerprint density at radius 2 is 1.73 bits per heavy atom. The van der Waals surface area contributed by atoms with Crippen LogP contribution in [0.1, 0.15) is 27.2 Å². The summed E-state index contributed by atoms with van der Waals surface area (Å²) in [4.78, 5) is 5.29. The van der Waals surface area contributed by atoms with Crippen LogP contribution in [0.25, 0.3) is 0 Å². The maximum atomic E-state index is 3.42. The normalized spacial score (nSPS) is 31.0. The molecule has 2 saturated heterocycles. The molecule has 2 aliphatic rings. The van der Waals surface area contributed by atoms with Crippen molar-refractivity contribution in [2.45, 2.75) is 38.8 Å². The summed E-state index contributed by atoms with van der Waals surface area (Å²) in [5, 5.41) is 3.42. The van der Waals surface area contributed by atoms with E-state index in [1.807, 2.05) is 0 Å². The standard InChI is InChI=1S/C12H25N3/c1-12(2,3)15-7-4-11(10-15)14-8-5-13-6-9-14/h11,13H,4-10H2,1-3H3. The first-order valence-corrected chi connectivity index (χ1v) is 6.27. The van der Waals surface area contributed by atoms with Crippen molar-refractivity contribution in [2.75, 3.05) is 39.3 Å². The monoisotopic (exact) mass is 211 g/mol. The molecule has 1 N–H and O–H groups in total. The predicted octanol–water partition coefficient (Wildman–Crippen LogP) is 0.764. The Hall–Kier alpha value is -0.120. The summed E-state index contributed by atoms with van der Waals surface area (Å²) in [5.74, 6) is 0. The molecule has 3 heteroatoms.